The Morgan fingerprint density at radius 3 is 2.30 bits per heavy atom. The summed E-state index contributed by atoms with van der Waals surface area (Å²) in [6.07, 6.45) is 2.53. The summed E-state index contributed by atoms with van der Waals surface area (Å²) in [7, 11) is 0. The van der Waals surface area contributed by atoms with Crippen LogP contribution in [0.25, 0.3) is 10.8 Å². The first-order valence-corrected chi connectivity index (χ1v) is 12.6. The highest BCUT2D eigenvalue weighted by molar-refractivity contribution is 5.95. The second-order valence-corrected chi connectivity index (χ2v) is 8.98. The molecular weight excluding hydrogens is 468 g/mol. The van der Waals surface area contributed by atoms with Crippen LogP contribution in [0.15, 0.2) is 66.9 Å². The molecule has 2 aromatic carbocycles. The zero-order valence-corrected chi connectivity index (χ0v) is 21.0. The number of benzene rings is 2. The van der Waals surface area contributed by atoms with Crippen LogP contribution < -0.4 is 22.5 Å². The van der Waals surface area contributed by atoms with Gasteiger partial charge in [-0.05, 0) is 29.9 Å². The Hall–Kier alpha value is -3.66. The normalized spacial score (nSPS) is 12.6. The van der Waals surface area contributed by atoms with Gasteiger partial charge in [-0.15, -0.1) is 0 Å². The molecule has 2 atom stereocenters. The zero-order valence-electron chi connectivity index (χ0n) is 21.0. The van der Waals surface area contributed by atoms with Crippen molar-refractivity contribution in [1.82, 2.24) is 15.2 Å². The van der Waals surface area contributed by atoms with Gasteiger partial charge in [0.25, 0.3) is 0 Å². The molecule has 0 aliphatic heterocycles. The third-order valence-electron chi connectivity index (χ3n) is 6.25. The lowest BCUT2D eigenvalue weighted by molar-refractivity contribution is -0.134. The molecule has 0 aliphatic rings. The van der Waals surface area contributed by atoms with E-state index in [9.17, 15) is 14.4 Å². The average molecular weight is 505 g/mol. The summed E-state index contributed by atoms with van der Waals surface area (Å²) < 4.78 is 0. The molecule has 0 radical (unpaired) electrons. The molecule has 3 aromatic rings. The average Bonchev–Trinajstić information content (AvgIpc) is 2.91. The fourth-order valence-electron chi connectivity index (χ4n) is 4.24. The molecule has 7 N–H and O–H groups in total. The van der Waals surface area contributed by atoms with E-state index in [1.165, 1.54) is 4.90 Å². The van der Waals surface area contributed by atoms with E-state index in [-0.39, 0.29) is 37.6 Å². The second-order valence-electron chi connectivity index (χ2n) is 8.98. The Morgan fingerprint density at radius 2 is 1.59 bits per heavy atom. The zero-order chi connectivity index (χ0) is 26.6. The van der Waals surface area contributed by atoms with Crippen LogP contribution in [-0.4, -0.2) is 65.7 Å². The van der Waals surface area contributed by atoms with E-state index in [0.29, 0.717) is 31.6 Å². The first-order valence-electron chi connectivity index (χ1n) is 12.6. The molecule has 0 saturated carbocycles. The fourth-order valence-corrected chi connectivity index (χ4v) is 4.24. The molecule has 0 spiro atoms. The molecule has 9 nitrogen and oxygen atoms in total. The highest BCUT2D eigenvalue weighted by Gasteiger charge is 2.27. The molecule has 1 heterocycles. The van der Waals surface area contributed by atoms with Gasteiger partial charge in [0.05, 0.1) is 30.6 Å². The van der Waals surface area contributed by atoms with Crippen molar-refractivity contribution < 1.29 is 14.4 Å². The van der Waals surface area contributed by atoms with Crippen molar-refractivity contribution in [3.8, 4) is 0 Å². The number of hydrogen-bond acceptors (Lipinski definition) is 7. The van der Waals surface area contributed by atoms with Crippen molar-refractivity contribution in [3.63, 3.8) is 0 Å². The highest BCUT2D eigenvalue weighted by atomic mass is 16.2. The topological polar surface area (TPSA) is 157 Å². The lowest BCUT2D eigenvalue weighted by atomic mass is 9.97. The van der Waals surface area contributed by atoms with Crippen LogP contribution in [0.2, 0.25) is 0 Å². The Balaban J connectivity index is 1.72. The number of Topliss-reactive ketones (excluding diaryl/α,β-unsaturated/α-hetero) is 1. The molecular formula is C28H36N6O3. The number of pyridine rings is 1. The first-order chi connectivity index (χ1) is 17.9. The maximum atomic E-state index is 13.4. The van der Waals surface area contributed by atoms with E-state index in [2.05, 4.69) is 10.3 Å². The van der Waals surface area contributed by atoms with Crippen molar-refractivity contribution in [2.75, 3.05) is 26.2 Å². The molecule has 0 saturated heterocycles. The number of rotatable bonds is 14. The van der Waals surface area contributed by atoms with Gasteiger partial charge in [-0.1, -0.05) is 54.6 Å². The lowest BCUT2D eigenvalue weighted by Crippen LogP contribution is -2.51. The second kappa shape index (κ2) is 14.2. The van der Waals surface area contributed by atoms with Gasteiger partial charge in [-0.3, -0.25) is 19.4 Å². The number of nitrogens with one attached hydrogen (secondary N) is 1. The van der Waals surface area contributed by atoms with Crippen LogP contribution in [0, 0.1) is 0 Å². The Bertz CT molecular complexity index is 1180. The van der Waals surface area contributed by atoms with Crippen LogP contribution in [0.5, 0.6) is 0 Å². The van der Waals surface area contributed by atoms with Gasteiger partial charge >= 0.3 is 0 Å². The summed E-state index contributed by atoms with van der Waals surface area (Å²) in [6.45, 7) is 1.23. The number of carbonyl (C=O) groups excluding carboxylic acids is 3. The predicted octanol–water partition coefficient (Wildman–Crippen LogP) is 0.927. The van der Waals surface area contributed by atoms with Crippen LogP contribution in [0.3, 0.4) is 0 Å². The summed E-state index contributed by atoms with van der Waals surface area (Å²) in [6, 6.07) is 17.5. The van der Waals surface area contributed by atoms with Crippen molar-refractivity contribution in [2.24, 2.45) is 17.2 Å². The largest absolute Gasteiger partial charge is 0.345 e. The summed E-state index contributed by atoms with van der Waals surface area (Å²) >= 11 is 0. The third kappa shape index (κ3) is 8.18. The molecule has 0 aliphatic carbocycles. The maximum absolute atomic E-state index is 13.4. The number of ketones is 1. The summed E-state index contributed by atoms with van der Waals surface area (Å²) in [5, 5.41) is 4.69. The molecule has 0 fully saturated rings. The number of carbonyl (C=O) groups is 3. The first kappa shape index (κ1) is 27.9. The van der Waals surface area contributed by atoms with Gasteiger partial charge in [0.2, 0.25) is 11.8 Å². The Kier molecular flexibility index (Phi) is 10.7. The Labute approximate surface area is 217 Å². The number of amides is 2. The molecule has 9 heteroatoms. The number of nitrogens with zero attached hydrogens (tertiary/aromatic N) is 2. The van der Waals surface area contributed by atoms with Gasteiger partial charge in [0, 0.05) is 37.8 Å². The quantitative estimate of drug-likeness (QED) is 0.254. The molecule has 1 aromatic heterocycles. The number of aromatic nitrogens is 1. The summed E-state index contributed by atoms with van der Waals surface area (Å²) in [5.74, 6) is -1.02. The molecule has 2 amide bonds. The van der Waals surface area contributed by atoms with Crippen LogP contribution in [0.4, 0.5) is 0 Å². The van der Waals surface area contributed by atoms with Gasteiger partial charge in [0.1, 0.15) is 0 Å². The molecule has 196 valence electrons. The van der Waals surface area contributed by atoms with Gasteiger partial charge in [-0.25, -0.2) is 0 Å². The number of nitrogens with two attached hydrogens (primary N) is 3. The van der Waals surface area contributed by atoms with Gasteiger partial charge in [0.15, 0.2) is 5.78 Å². The fraction of sp³-hybridized carbons (Fsp3) is 0.357. The van der Waals surface area contributed by atoms with E-state index in [1.54, 1.807) is 6.20 Å². The van der Waals surface area contributed by atoms with E-state index in [0.717, 1.165) is 16.3 Å². The van der Waals surface area contributed by atoms with Crippen molar-refractivity contribution in [1.29, 1.82) is 0 Å². The molecule has 0 unspecified atom stereocenters. The molecule has 3 rings (SSSR count). The standard InChI is InChI=1S/C28H36N6O3/c29-13-16-34(17-14-30)27(36)18-23(31)28(37)33-24(11-10-20-6-2-1-3-7-20)26(35)19-25-22-9-5-4-8-21(22)12-15-32-25/h1-9,12,15,23-24H,10-11,13-14,16-19,29-31H2,(H,33,37)/t23-,24-/m0/s1. The summed E-state index contributed by atoms with van der Waals surface area (Å²) in [4.78, 5) is 45.0. The predicted molar refractivity (Wildman–Crippen MR) is 144 cm³/mol. The van der Waals surface area contributed by atoms with Crippen LogP contribution in [-0.2, 0) is 27.2 Å². The summed E-state index contributed by atoms with van der Waals surface area (Å²) in [5.41, 5.74) is 18.9. The third-order valence-corrected chi connectivity index (χ3v) is 6.25. The number of aryl methyl sites for hydroxylation is 1. The number of hydrogen-bond donors (Lipinski definition) is 4. The van der Waals surface area contributed by atoms with Crippen molar-refractivity contribution in [2.45, 2.75) is 37.8 Å². The van der Waals surface area contributed by atoms with E-state index in [4.69, 9.17) is 17.2 Å². The lowest BCUT2D eigenvalue weighted by Gasteiger charge is -2.24. The smallest absolute Gasteiger partial charge is 0.238 e. The van der Waals surface area contributed by atoms with E-state index < -0.39 is 18.0 Å². The van der Waals surface area contributed by atoms with Crippen molar-refractivity contribution in [3.05, 3.63) is 78.1 Å². The van der Waals surface area contributed by atoms with E-state index in [1.807, 2.05) is 60.7 Å². The minimum absolute atomic E-state index is 0.0655. The van der Waals surface area contributed by atoms with Crippen LogP contribution in [0.1, 0.15) is 24.1 Å². The van der Waals surface area contributed by atoms with E-state index >= 15 is 0 Å². The van der Waals surface area contributed by atoms with Crippen LogP contribution >= 0.6 is 0 Å². The SMILES string of the molecule is NCCN(CCN)C(=O)C[C@H](N)C(=O)N[C@@H](CCc1ccccc1)C(=O)Cc1nccc2ccccc12. The van der Waals surface area contributed by atoms with Gasteiger partial charge < -0.3 is 27.4 Å². The Morgan fingerprint density at radius 1 is 0.919 bits per heavy atom. The maximum Gasteiger partial charge on any atom is 0.238 e. The minimum Gasteiger partial charge on any atom is -0.345 e. The minimum atomic E-state index is -1.10. The number of fused-ring (bicyclic) bond motifs is 1. The molecule has 0 bridgehead atoms. The van der Waals surface area contributed by atoms with Crippen molar-refractivity contribution >= 4 is 28.4 Å². The highest BCUT2D eigenvalue weighted by Crippen LogP contribution is 2.18. The van der Waals surface area contributed by atoms with Gasteiger partial charge in [-0.2, -0.15) is 0 Å². The molecule has 37 heavy (non-hydrogen) atoms. The monoisotopic (exact) mass is 504 g/mol.